The summed E-state index contributed by atoms with van der Waals surface area (Å²) in [7, 11) is 1.60. The van der Waals surface area contributed by atoms with E-state index in [0.29, 0.717) is 23.8 Å². The number of aliphatic hydroxyl groups is 1. The lowest BCUT2D eigenvalue weighted by molar-refractivity contribution is -0.115. The number of hydrogen-bond donors (Lipinski definition) is 2. The summed E-state index contributed by atoms with van der Waals surface area (Å²) in [6.07, 6.45) is 4.61. The molecule has 0 radical (unpaired) electrons. The second kappa shape index (κ2) is 11.2. The molecule has 2 aromatic carbocycles. The first-order chi connectivity index (χ1) is 13.5. The first kappa shape index (κ1) is 21.6. The molecule has 28 heavy (non-hydrogen) atoms. The second-order valence-electron chi connectivity index (χ2n) is 6.32. The Morgan fingerprint density at radius 3 is 2.64 bits per heavy atom. The molecule has 0 aliphatic rings. The Balaban J connectivity index is 2.07. The number of thiocarbonyl (C=S) groups is 1. The maximum atomic E-state index is 12.3. The zero-order valence-corrected chi connectivity index (χ0v) is 17.0. The summed E-state index contributed by atoms with van der Waals surface area (Å²) in [6, 6.07) is 15.4. The van der Waals surface area contributed by atoms with E-state index in [1.807, 2.05) is 60.4 Å². The standard InChI is InChI=1S/C22H26N2O3S/c1-17-8-10-18(11-9-17)12-13-21(26)23-22(28)24(14-3-4-15-25)19-6-5-7-20(16-19)27-2/h5-13,16,25H,3-4,14-15H2,1-2H3,(H,23,26,28)/b13-12+. The van der Waals surface area contributed by atoms with Crippen LogP contribution < -0.4 is 15.0 Å². The van der Waals surface area contributed by atoms with E-state index in [4.69, 9.17) is 22.1 Å². The average Bonchev–Trinajstić information content (AvgIpc) is 2.70. The number of benzene rings is 2. The zero-order chi connectivity index (χ0) is 20.4. The number of anilines is 1. The molecule has 2 aromatic rings. The van der Waals surface area contributed by atoms with Gasteiger partial charge in [0.05, 0.1) is 7.11 Å². The van der Waals surface area contributed by atoms with Crippen LogP contribution >= 0.6 is 12.2 Å². The molecule has 148 valence electrons. The number of unbranched alkanes of at least 4 members (excludes halogenated alkanes) is 1. The molecule has 0 aromatic heterocycles. The molecule has 0 unspecified atom stereocenters. The number of carbonyl (C=O) groups is 1. The Morgan fingerprint density at radius 1 is 1.21 bits per heavy atom. The highest BCUT2D eigenvalue weighted by atomic mass is 32.1. The van der Waals surface area contributed by atoms with Crippen molar-refractivity contribution in [2.24, 2.45) is 0 Å². The van der Waals surface area contributed by atoms with Gasteiger partial charge in [-0.25, -0.2) is 0 Å². The molecule has 2 rings (SSSR count). The Morgan fingerprint density at radius 2 is 1.96 bits per heavy atom. The van der Waals surface area contributed by atoms with Crippen LogP contribution in [0.1, 0.15) is 24.0 Å². The summed E-state index contributed by atoms with van der Waals surface area (Å²) in [5, 5.41) is 12.1. The van der Waals surface area contributed by atoms with Crippen molar-refractivity contribution in [3.8, 4) is 5.75 Å². The molecule has 0 atom stereocenters. The van der Waals surface area contributed by atoms with Gasteiger partial charge in [0, 0.05) is 31.0 Å². The van der Waals surface area contributed by atoms with Gasteiger partial charge in [-0.15, -0.1) is 0 Å². The maximum Gasteiger partial charge on any atom is 0.250 e. The van der Waals surface area contributed by atoms with Gasteiger partial charge in [-0.1, -0.05) is 35.9 Å². The summed E-state index contributed by atoms with van der Waals surface area (Å²) < 4.78 is 5.28. The molecule has 0 spiro atoms. The Kier molecular flexibility index (Phi) is 8.65. The van der Waals surface area contributed by atoms with Gasteiger partial charge in [0.1, 0.15) is 5.75 Å². The molecular weight excluding hydrogens is 372 g/mol. The molecular formula is C22H26N2O3S. The van der Waals surface area contributed by atoms with Gasteiger partial charge in [-0.2, -0.15) is 0 Å². The van der Waals surface area contributed by atoms with E-state index in [0.717, 1.165) is 17.7 Å². The van der Waals surface area contributed by atoms with Crippen LogP contribution in [0.25, 0.3) is 6.08 Å². The lowest BCUT2D eigenvalue weighted by Crippen LogP contribution is -2.42. The van der Waals surface area contributed by atoms with Crippen molar-refractivity contribution in [2.75, 3.05) is 25.2 Å². The number of ether oxygens (including phenoxy) is 1. The van der Waals surface area contributed by atoms with Gasteiger partial charge >= 0.3 is 0 Å². The number of carbonyl (C=O) groups excluding carboxylic acids is 1. The quantitative estimate of drug-likeness (QED) is 0.403. The third kappa shape index (κ3) is 6.79. The minimum absolute atomic E-state index is 0.115. The summed E-state index contributed by atoms with van der Waals surface area (Å²) in [5.41, 5.74) is 2.93. The third-order valence-corrected chi connectivity index (χ3v) is 4.46. The predicted molar refractivity (Wildman–Crippen MR) is 118 cm³/mol. The normalized spacial score (nSPS) is 10.7. The van der Waals surface area contributed by atoms with Crippen LogP contribution in [0.3, 0.4) is 0 Å². The van der Waals surface area contributed by atoms with Crippen molar-refractivity contribution in [3.05, 3.63) is 65.7 Å². The summed E-state index contributed by atoms with van der Waals surface area (Å²) in [5.74, 6) is 0.415. The average molecular weight is 399 g/mol. The Bertz CT molecular complexity index is 819. The molecule has 6 heteroatoms. The molecule has 0 aliphatic heterocycles. The molecule has 1 amide bonds. The van der Waals surface area contributed by atoms with E-state index >= 15 is 0 Å². The largest absolute Gasteiger partial charge is 0.497 e. The molecule has 0 saturated carbocycles. The molecule has 2 N–H and O–H groups in total. The topological polar surface area (TPSA) is 61.8 Å². The van der Waals surface area contributed by atoms with Crippen molar-refractivity contribution in [1.29, 1.82) is 0 Å². The number of methoxy groups -OCH3 is 1. The van der Waals surface area contributed by atoms with Gasteiger partial charge in [0.2, 0.25) is 5.91 Å². The molecule has 5 nitrogen and oxygen atoms in total. The Hall–Kier alpha value is -2.70. The van der Waals surface area contributed by atoms with Gasteiger partial charge in [0.15, 0.2) is 5.11 Å². The van der Waals surface area contributed by atoms with Gasteiger partial charge in [-0.05, 0) is 55.8 Å². The van der Waals surface area contributed by atoms with Crippen LogP contribution in [-0.4, -0.2) is 36.4 Å². The minimum Gasteiger partial charge on any atom is -0.497 e. The SMILES string of the molecule is COc1cccc(N(CCCCO)C(=S)NC(=O)/C=C/c2ccc(C)cc2)c1. The van der Waals surface area contributed by atoms with Gasteiger partial charge < -0.3 is 14.7 Å². The number of rotatable bonds is 8. The molecule has 0 heterocycles. The second-order valence-corrected chi connectivity index (χ2v) is 6.71. The van der Waals surface area contributed by atoms with E-state index in [2.05, 4.69) is 5.32 Å². The van der Waals surface area contributed by atoms with Crippen molar-refractivity contribution in [2.45, 2.75) is 19.8 Å². The smallest absolute Gasteiger partial charge is 0.250 e. The number of nitrogens with zero attached hydrogens (tertiary/aromatic N) is 1. The third-order valence-electron chi connectivity index (χ3n) is 4.13. The lowest BCUT2D eigenvalue weighted by Gasteiger charge is -2.25. The molecule has 0 saturated heterocycles. The van der Waals surface area contributed by atoms with Crippen LogP contribution in [0.4, 0.5) is 5.69 Å². The van der Waals surface area contributed by atoms with E-state index < -0.39 is 0 Å². The highest BCUT2D eigenvalue weighted by molar-refractivity contribution is 7.80. The first-order valence-electron chi connectivity index (χ1n) is 9.15. The van der Waals surface area contributed by atoms with Crippen molar-refractivity contribution in [3.63, 3.8) is 0 Å². The summed E-state index contributed by atoms with van der Waals surface area (Å²) in [4.78, 5) is 14.1. The number of aliphatic hydroxyl groups excluding tert-OH is 1. The van der Waals surface area contributed by atoms with E-state index in [1.165, 1.54) is 11.6 Å². The molecule has 0 fully saturated rings. The number of nitrogens with one attached hydrogen (secondary N) is 1. The fourth-order valence-electron chi connectivity index (χ4n) is 2.57. The van der Waals surface area contributed by atoms with E-state index in [1.54, 1.807) is 13.2 Å². The Labute approximate surface area is 171 Å². The number of amides is 1. The van der Waals surface area contributed by atoms with Crippen molar-refractivity contribution >= 4 is 35.0 Å². The fourth-order valence-corrected chi connectivity index (χ4v) is 2.87. The van der Waals surface area contributed by atoms with Crippen molar-refractivity contribution in [1.82, 2.24) is 5.32 Å². The van der Waals surface area contributed by atoms with Crippen LogP contribution in [-0.2, 0) is 4.79 Å². The lowest BCUT2D eigenvalue weighted by atomic mass is 10.1. The van der Waals surface area contributed by atoms with Crippen LogP contribution in [0.5, 0.6) is 5.75 Å². The first-order valence-corrected chi connectivity index (χ1v) is 9.56. The highest BCUT2D eigenvalue weighted by Crippen LogP contribution is 2.21. The van der Waals surface area contributed by atoms with Crippen LogP contribution in [0.15, 0.2) is 54.6 Å². The van der Waals surface area contributed by atoms with Gasteiger partial charge in [0.25, 0.3) is 0 Å². The van der Waals surface area contributed by atoms with Gasteiger partial charge in [-0.3, -0.25) is 10.1 Å². The van der Waals surface area contributed by atoms with E-state index in [9.17, 15) is 4.79 Å². The number of hydrogen-bond acceptors (Lipinski definition) is 4. The molecule has 0 aliphatic carbocycles. The zero-order valence-electron chi connectivity index (χ0n) is 16.2. The maximum absolute atomic E-state index is 12.3. The monoisotopic (exact) mass is 398 g/mol. The van der Waals surface area contributed by atoms with Crippen LogP contribution in [0.2, 0.25) is 0 Å². The summed E-state index contributed by atoms with van der Waals surface area (Å²) >= 11 is 5.47. The van der Waals surface area contributed by atoms with Crippen molar-refractivity contribution < 1.29 is 14.6 Å². The minimum atomic E-state index is -0.291. The molecule has 0 bridgehead atoms. The fraction of sp³-hybridized carbons (Fsp3) is 0.273. The van der Waals surface area contributed by atoms with Crippen LogP contribution in [0, 0.1) is 6.92 Å². The highest BCUT2D eigenvalue weighted by Gasteiger charge is 2.14. The van der Waals surface area contributed by atoms with E-state index in [-0.39, 0.29) is 12.5 Å². The summed E-state index contributed by atoms with van der Waals surface area (Å²) in [6.45, 7) is 2.71. The number of aryl methyl sites for hydroxylation is 1. The predicted octanol–water partition coefficient (Wildman–Crippen LogP) is 3.70.